The van der Waals surface area contributed by atoms with Gasteiger partial charge < -0.3 is 10.8 Å². The molecule has 0 aliphatic carbocycles. The largest absolute Gasteiger partial charge is 0.481 e. The highest BCUT2D eigenvalue weighted by Gasteiger charge is 2.32. The molecule has 0 bridgehead atoms. The molecule has 0 aromatic carbocycles. The van der Waals surface area contributed by atoms with Crippen LogP contribution in [0.3, 0.4) is 0 Å². The number of hydrogen-bond donors (Lipinski definition) is 2. The van der Waals surface area contributed by atoms with Gasteiger partial charge in [-0.05, 0) is 30.2 Å². The molecule has 0 aromatic heterocycles. The number of carboxylic acids is 1. The van der Waals surface area contributed by atoms with Gasteiger partial charge in [0, 0.05) is 6.42 Å². The van der Waals surface area contributed by atoms with E-state index in [9.17, 15) is 4.79 Å². The lowest BCUT2D eigenvalue weighted by Gasteiger charge is -2.25. The first kappa shape index (κ1) is 10.9. The van der Waals surface area contributed by atoms with Crippen LogP contribution in [0.1, 0.15) is 19.3 Å². The molecule has 1 aliphatic rings. The Labute approximate surface area is 86.1 Å². The highest BCUT2D eigenvalue weighted by Crippen LogP contribution is 2.50. The minimum atomic E-state index is -0.732. The summed E-state index contributed by atoms with van der Waals surface area (Å²) in [6, 6.07) is 0. The molecule has 0 saturated heterocycles. The first-order chi connectivity index (χ1) is 6.18. The van der Waals surface area contributed by atoms with Crippen molar-refractivity contribution in [2.45, 2.75) is 23.3 Å². The van der Waals surface area contributed by atoms with Crippen LogP contribution < -0.4 is 5.73 Å². The van der Waals surface area contributed by atoms with Crippen LogP contribution in [-0.2, 0) is 4.79 Å². The lowest BCUT2D eigenvalue weighted by molar-refractivity contribution is -0.137. The van der Waals surface area contributed by atoms with E-state index in [1.165, 1.54) is 0 Å². The molecule has 13 heavy (non-hydrogen) atoms. The van der Waals surface area contributed by atoms with E-state index >= 15 is 0 Å². The number of carboxylic acid groups (broad SMARTS) is 1. The molecule has 0 radical (unpaired) electrons. The van der Waals surface area contributed by atoms with E-state index in [1.54, 1.807) is 23.5 Å². The summed E-state index contributed by atoms with van der Waals surface area (Å²) in [5.74, 6) is -0.732. The minimum absolute atomic E-state index is 0.00681. The summed E-state index contributed by atoms with van der Waals surface area (Å²) in [6.07, 6.45) is 1.77. The van der Waals surface area contributed by atoms with Crippen molar-refractivity contribution < 1.29 is 9.90 Å². The highest BCUT2D eigenvalue weighted by molar-refractivity contribution is 8.23. The molecule has 5 heteroatoms. The van der Waals surface area contributed by atoms with Crippen molar-refractivity contribution in [2.75, 3.05) is 6.54 Å². The third-order valence-electron chi connectivity index (χ3n) is 1.87. The highest BCUT2D eigenvalue weighted by atomic mass is 32.2. The first-order valence-corrected chi connectivity index (χ1v) is 5.87. The molecular formula is C8H13NO2S2. The van der Waals surface area contributed by atoms with Crippen LogP contribution in [-0.4, -0.2) is 21.7 Å². The van der Waals surface area contributed by atoms with Crippen LogP contribution in [0.5, 0.6) is 0 Å². The maximum absolute atomic E-state index is 10.4. The molecule has 0 aromatic rings. The van der Waals surface area contributed by atoms with Crippen molar-refractivity contribution >= 4 is 29.5 Å². The lowest BCUT2D eigenvalue weighted by atomic mass is 10.2. The van der Waals surface area contributed by atoms with Gasteiger partial charge in [0.15, 0.2) is 0 Å². The third-order valence-corrected chi connectivity index (χ3v) is 4.84. The van der Waals surface area contributed by atoms with Gasteiger partial charge in [0.25, 0.3) is 0 Å². The smallest absolute Gasteiger partial charge is 0.303 e. The predicted molar refractivity (Wildman–Crippen MR) is 57.6 cm³/mol. The predicted octanol–water partition coefficient (Wildman–Crippen LogP) is 1.85. The number of nitrogens with two attached hydrogens (primary N) is 1. The van der Waals surface area contributed by atoms with Gasteiger partial charge in [-0.2, -0.15) is 0 Å². The molecule has 0 saturated carbocycles. The zero-order chi connectivity index (χ0) is 9.73. The third kappa shape index (κ3) is 3.25. The van der Waals surface area contributed by atoms with Crippen molar-refractivity contribution in [3.05, 3.63) is 10.8 Å². The average molecular weight is 219 g/mol. The molecule has 3 N–H and O–H groups in total. The molecule has 74 valence electrons. The zero-order valence-electron chi connectivity index (χ0n) is 7.23. The van der Waals surface area contributed by atoms with Crippen molar-refractivity contribution in [1.29, 1.82) is 0 Å². The SMILES string of the molecule is NCCC1(CCC(=O)O)SC=CS1. The number of aliphatic carboxylic acids is 1. The van der Waals surface area contributed by atoms with Crippen LogP contribution in [0.2, 0.25) is 0 Å². The van der Waals surface area contributed by atoms with Gasteiger partial charge in [-0.3, -0.25) is 4.79 Å². The van der Waals surface area contributed by atoms with Gasteiger partial charge >= 0.3 is 5.97 Å². The van der Waals surface area contributed by atoms with Crippen LogP contribution in [0.4, 0.5) is 0 Å². The molecule has 0 atom stereocenters. The fourth-order valence-electron chi connectivity index (χ4n) is 1.21. The lowest BCUT2D eigenvalue weighted by Crippen LogP contribution is -2.22. The van der Waals surface area contributed by atoms with Gasteiger partial charge in [0.1, 0.15) is 0 Å². The molecule has 1 heterocycles. The zero-order valence-corrected chi connectivity index (χ0v) is 8.87. The second-order valence-electron chi connectivity index (χ2n) is 2.85. The fraction of sp³-hybridized carbons (Fsp3) is 0.625. The molecule has 0 unspecified atom stereocenters. The van der Waals surface area contributed by atoms with E-state index in [0.717, 1.165) is 6.42 Å². The molecule has 1 aliphatic heterocycles. The quantitative estimate of drug-likeness (QED) is 0.739. The van der Waals surface area contributed by atoms with E-state index in [0.29, 0.717) is 13.0 Å². The maximum Gasteiger partial charge on any atom is 0.303 e. The van der Waals surface area contributed by atoms with Crippen LogP contribution >= 0.6 is 23.5 Å². The summed E-state index contributed by atoms with van der Waals surface area (Å²) in [6.45, 7) is 0.612. The van der Waals surface area contributed by atoms with Gasteiger partial charge in [-0.1, -0.05) is 0 Å². The first-order valence-electron chi connectivity index (χ1n) is 4.11. The van der Waals surface area contributed by atoms with E-state index in [-0.39, 0.29) is 10.5 Å². The Morgan fingerprint density at radius 2 is 2.00 bits per heavy atom. The number of thioether (sulfide) groups is 2. The number of hydrogen-bond acceptors (Lipinski definition) is 4. The molecule has 3 nitrogen and oxygen atoms in total. The Morgan fingerprint density at radius 3 is 2.46 bits per heavy atom. The van der Waals surface area contributed by atoms with E-state index in [1.807, 2.05) is 10.8 Å². The summed E-state index contributed by atoms with van der Waals surface area (Å²) in [7, 11) is 0. The Bertz CT molecular complexity index is 210. The number of carbonyl (C=O) groups is 1. The van der Waals surface area contributed by atoms with Crippen LogP contribution in [0.25, 0.3) is 0 Å². The Morgan fingerprint density at radius 1 is 1.38 bits per heavy atom. The van der Waals surface area contributed by atoms with Gasteiger partial charge in [0.2, 0.25) is 0 Å². The van der Waals surface area contributed by atoms with Crippen molar-refractivity contribution in [3.8, 4) is 0 Å². The normalized spacial score (nSPS) is 19.2. The van der Waals surface area contributed by atoms with Crippen LogP contribution in [0, 0.1) is 0 Å². The van der Waals surface area contributed by atoms with Crippen LogP contribution in [0.15, 0.2) is 10.8 Å². The molecule has 1 rings (SSSR count). The minimum Gasteiger partial charge on any atom is -0.481 e. The molecule has 0 fully saturated rings. The van der Waals surface area contributed by atoms with E-state index in [4.69, 9.17) is 10.8 Å². The van der Waals surface area contributed by atoms with Crippen molar-refractivity contribution in [2.24, 2.45) is 5.73 Å². The second kappa shape index (κ2) is 4.93. The summed E-state index contributed by atoms with van der Waals surface area (Å²) in [5, 5.41) is 12.6. The average Bonchev–Trinajstić information content (AvgIpc) is 2.51. The van der Waals surface area contributed by atoms with Crippen molar-refractivity contribution in [3.63, 3.8) is 0 Å². The Hall–Kier alpha value is -0.130. The Balaban J connectivity index is 2.43. The van der Waals surface area contributed by atoms with Crippen molar-refractivity contribution in [1.82, 2.24) is 0 Å². The van der Waals surface area contributed by atoms with Gasteiger partial charge in [-0.15, -0.1) is 23.5 Å². The molecular weight excluding hydrogens is 206 g/mol. The van der Waals surface area contributed by atoms with E-state index in [2.05, 4.69) is 0 Å². The summed E-state index contributed by atoms with van der Waals surface area (Å²) >= 11 is 3.39. The summed E-state index contributed by atoms with van der Waals surface area (Å²) in [4.78, 5) is 10.4. The second-order valence-corrected chi connectivity index (χ2v) is 5.69. The fourth-order valence-corrected chi connectivity index (χ4v) is 3.62. The topological polar surface area (TPSA) is 63.3 Å². The van der Waals surface area contributed by atoms with Gasteiger partial charge in [-0.25, -0.2) is 0 Å². The summed E-state index contributed by atoms with van der Waals surface area (Å²) < 4.78 is -0.00681. The monoisotopic (exact) mass is 219 g/mol. The maximum atomic E-state index is 10.4. The standard InChI is InChI=1S/C8H13NO2S2/c9-4-3-8(2-1-7(10)11)12-5-6-13-8/h5-6H,1-4,9H2,(H,10,11). The Kier molecular flexibility index (Phi) is 4.15. The number of rotatable bonds is 5. The van der Waals surface area contributed by atoms with E-state index < -0.39 is 5.97 Å². The molecule has 0 spiro atoms. The van der Waals surface area contributed by atoms with Gasteiger partial charge in [0.05, 0.1) is 4.08 Å². The molecule has 0 amide bonds. The summed E-state index contributed by atoms with van der Waals surface area (Å²) in [5.41, 5.74) is 5.50.